The van der Waals surface area contributed by atoms with Gasteiger partial charge in [0, 0.05) is 6.42 Å². The maximum absolute atomic E-state index is 10.9. The van der Waals surface area contributed by atoms with E-state index in [1.807, 2.05) is 30.4 Å². The summed E-state index contributed by atoms with van der Waals surface area (Å²) in [7, 11) is 1.41. The van der Waals surface area contributed by atoms with Crippen molar-refractivity contribution in [2.75, 3.05) is 7.11 Å². The molecule has 24 heavy (non-hydrogen) atoms. The molecule has 3 heteroatoms. The van der Waals surface area contributed by atoms with Gasteiger partial charge in [0.05, 0.1) is 13.2 Å². The molecule has 0 aromatic rings. The first-order valence-electron chi connectivity index (χ1n) is 8.93. The molecule has 0 saturated heterocycles. The largest absolute Gasteiger partial charge is 0.469 e. The number of ether oxygens (including phenoxy) is 1. The Balaban J connectivity index is 3.66. The van der Waals surface area contributed by atoms with E-state index < -0.39 is 0 Å². The molecule has 0 heterocycles. The summed E-state index contributed by atoms with van der Waals surface area (Å²) >= 11 is 0. The van der Waals surface area contributed by atoms with Crippen LogP contribution in [-0.4, -0.2) is 24.3 Å². The highest BCUT2D eigenvalue weighted by Crippen LogP contribution is 2.06. The Morgan fingerprint density at radius 3 is 2.62 bits per heavy atom. The van der Waals surface area contributed by atoms with Gasteiger partial charge >= 0.3 is 5.97 Å². The number of aliphatic hydroxyl groups excluding tert-OH is 1. The molecule has 3 nitrogen and oxygen atoms in total. The Labute approximate surface area is 147 Å². The SMILES string of the molecule is CCCCCC(O)C/C=C/C=C/C#C/C=C/CCCCC(=O)OC. The monoisotopic (exact) mass is 332 g/mol. The van der Waals surface area contributed by atoms with Crippen LogP contribution < -0.4 is 0 Å². The molecule has 134 valence electrons. The molecule has 1 atom stereocenters. The fourth-order valence-electron chi connectivity index (χ4n) is 2.04. The van der Waals surface area contributed by atoms with E-state index in [1.54, 1.807) is 6.08 Å². The predicted octanol–water partition coefficient (Wildman–Crippen LogP) is 4.72. The maximum atomic E-state index is 10.9. The van der Waals surface area contributed by atoms with Crippen LogP contribution in [0.5, 0.6) is 0 Å². The summed E-state index contributed by atoms with van der Waals surface area (Å²) in [5.74, 6) is 5.72. The number of carbonyl (C=O) groups excluding carboxylic acids is 1. The van der Waals surface area contributed by atoms with Gasteiger partial charge in [0.15, 0.2) is 0 Å². The van der Waals surface area contributed by atoms with Crippen LogP contribution in [0.25, 0.3) is 0 Å². The second-order valence-electron chi connectivity index (χ2n) is 5.69. The number of esters is 1. The minimum atomic E-state index is -0.227. The van der Waals surface area contributed by atoms with Crippen LogP contribution in [0, 0.1) is 11.8 Å². The Morgan fingerprint density at radius 2 is 1.88 bits per heavy atom. The summed E-state index contributed by atoms with van der Waals surface area (Å²) in [4.78, 5) is 10.9. The molecular formula is C21H32O3. The number of rotatable bonds is 12. The van der Waals surface area contributed by atoms with Crippen molar-refractivity contribution in [3.05, 3.63) is 36.5 Å². The number of methoxy groups -OCH3 is 1. The third-order valence-electron chi connectivity index (χ3n) is 3.49. The van der Waals surface area contributed by atoms with E-state index >= 15 is 0 Å². The van der Waals surface area contributed by atoms with Crippen LogP contribution in [-0.2, 0) is 9.53 Å². The average molecular weight is 332 g/mol. The van der Waals surface area contributed by atoms with E-state index in [9.17, 15) is 9.90 Å². The minimum absolute atomic E-state index is 0.148. The molecular weight excluding hydrogens is 300 g/mol. The topological polar surface area (TPSA) is 46.5 Å². The van der Waals surface area contributed by atoms with Crippen LogP contribution in [0.2, 0.25) is 0 Å². The lowest BCUT2D eigenvalue weighted by Gasteiger charge is -2.05. The third-order valence-corrected chi connectivity index (χ3v) is 3.49. The molecule has 0 aliphatic carbocycles. The van der Waals surface area contributed by atoms with Gasteiger partial charge in [-0.05, 0) is 44.3 Å². The predicted molar refractivity (Wildman–Crippen MR) is 100 cm³/mol. The zero-order chi connectivity index (χ0) is 17.9. The highest BCUT2D eigenvalue weighted by Gasteiger charge is 1.99. The van der Waals surface area contributed by atoms with Gasteiger partial charge in [-0.3, -0.25) is 4.79 Å². The molecule has 0 bridgehead atoms. The van der Waals surface area contributed by atoms with E-state index in [-0.39, 0.29) is 12.1 Å². The molecule has 0 fully saturated rings. The van der Waals surface area contributed by atoms with Crippen molar-refractivity contribution in [2.24, 2.45) is 0 Å². The highest BCUT2D eigenvalue weighted by molar-refractivity contribution is 5.68. The lowest BCUT2D eigenvalue weighted by Crippen LogP contribution is -2.03. The van der Waals surface area contributed by atoms with Crippen molar-refractivity contribution >= 4 is 5.97 Å². The van der Waals surface area contributed by atoms with Gasteiger partial charge in [0.25, 0.3) is 0 Å². The summed E-state index contributed by atoms with van der Waals surface area (Å²) in [5, 5.41) is 9.74. The van der Waals surface area contributed by atoms with Gasteiger partial charge in [-0.15, -0.1) is 0 Å². The van der Waals surface area contributed by atoms with Gasteiger partial charge < -0.3 is 9.84 Å². The van der Waals surface area contributed by atoms with Crippen molar-refractivity contribution in [1.29, 1.82) is 0 Å². The van der Waals surface area contributed by atoms with E-state index in [2.05, 4.69) is 23.5 Å². The van der Waals surface area contributed by atoms with Gasteiger partial charge in [-0.25, -0.2) is 0 Å². The molecule has 1 N–H and O–H groups in total. The number of allylic oxidation sites excluding steroid dienone is 5. The smallest absolute Gasteiger partial charge is 0.305 e. The Morgan fingerprint density at radius 1 is 1.08 bits per heavy atom. The van der Waals surface area contributed by atoms with E-state index in [0.717, 1.165) is 32.1 Å². The summed E-state index contributed by atoms with van der Waals surface area (Å²) in [5.41, 5.74) is 0. The molecule has 0 radical (unpaired) electrons. The summed E-state index contributed by atoms with van der Waals surface area (Å²) < 4.78 is 4.58. The molecule has 0 aromatic heterocycles. The lowest BCUT2D eigenvalue weighted by molar-refractivity contribution is -0.140. The molecule has 1 unspecified atom stereocenters. The second kappa shape index (κ2) is 17.6. The van der Waals surface area contributed by atoms with Crippen LogP contribution in [0.3, 0.4) is 0 Å². The Kier molecular flexibility index (Phi) is 16.3. The molecule has 0 aliphatic heterocycles. The molecule has 0 saturated carbocycles. The number of aliphatic hydroxyl groups is 1. The van der Waals surface area contributed by atoms with Gasteiger partial charge in [0.2, 0.25) is 0 Å². The minimum Gasteiger partial charge on any atom is -0.469 e. The molecule has 0 amide bonds. The molecule has 0 aromatic carbocycles. The first-order chi connectivity index (χ1) is 11.7. The van der Waals surface area contributed by atoms with Crippen LogP contribution in [0.15, 0.2) is 36.5 Å². The zero-order valence-electron chi connectivity index (χ0n) is 15.2. The number of hydrogen-bond acceptors (Lipinski definition) is 3. The normalized spacial score (nSPS) is 12.6. The summed E-state index contributed by atoms with van der Waals surface area (Å²) in [6.45, 7) is 2.17. The van der Waals surface area contributed by atoms with Crippen molar-refractivity contribution in [1.82, 2.24) is 0 Å². The average Bonchev–Trinajstić information content (AvgIpc) is 2.58. The van der Waals surface area contributed by atoms with Gasteiger partial charge in [0.1, 0.15) is 0 Å². The quantitative estimate of drug-likeness (QED) is 0.243. The van der Waals surface area contributed by atoms with Gasteiger partial charge in [-0.2, -0.15) is 0 Å². The third kappa shape index (κ3) is 16.6. The summed E-state index contributed by atoms with van der Waals surface area (Å²) in [6, 6.07) is 0. The Hall–Kier alpha value is -1.79. The summed E-state index contributed by atoms with van der Waals surface area (Å²) in [6.07, 6.45) is 19.5. The van der Waals surface area contributed by atoms with Crippen molar-refractivity contribution in [3.8, 4) is 11.8 Å². The van der Waals surface area contributed by atoms with Crippen LogP contribution >= 0.6 is 0 Å². The maximum Gasteiger partial charge on any atom is 0.305 e. The number of carbonyl (C=O) groups is 1. The van der Waals surface area contributed by atoms with Crippen molar-refractivity contribution < 1.29 is 14.6 Å². The Bertz CT molecular complexity index is 449. The van der Waals surface area contributed by atoms with Crippen LogP contribution in [0.1, 0.15) is 64.7 Å². The standard InChI is InChI=1S/C21H32O3/c1-3-4-14-17-20(22)18-15-12-10-8-6-5-7-9-11-13-16-19-21(23)24-2/h7-10,12,15,20,22H,3-4,11,13-14,16-19H2,1-2H3/b9-7+,10-8+,15-12+. The second-order valence-corrected chi connectivity index (χ2v) is 5.69. The van der Waals surface area contributed by atoms with E-state index in [0.29, 0.717) is 12.8 Å². The van der Waals surface area contributed by atoms with Gasteiger partial charge in [-0.1, -0.05) is 62.3 Å². The fraction of sp³-hybridized carbons (Fsp3) is 0.571. The molecule has 0 rings (SSSR count). The zero-order valence-corrected chi connectivity index (χ0v) is 15.2. The van der Waals surface area contributed by atoms with Crippen molar-refractivity contribution in [3.63, 3.8) is 0 Å². The fourth-order valence-corrected chi connectivity index (χ4v) is 2.04. The number of hydrogen-bond donors (Lipinski definition) is 1. The number of unbranched alkanes of at least 4 members (excludes halogenated alkanes) is 4. The van der Waals surface area contributed by atoms with E-state index in [4.69, 9.17) is 0 Å². The van der Waals surface area contributed by atoms with Crippen molar-refractivity contribution in [2.45, 2.75) is 70.8 Å². The lowest BCUT2D eigenvalue weighted by atomic mass is 10.1. The first kappa shape index (κ1) is 22.2. The van der Waals surface area contributed by atoms with Crippen LogP contribution in [0.4, 0.5) is 0 Å². The highest BCUT2D eigenvalue weighted by atomic mass is 16.5. The van der Waals surface area contributed by atoms with E-state index in [1.165, 1.54) is 20.0 Å². The molecule has 0 spiro atoms. The molecule has 0 aliphatic rings. The first-order valence-corrected chi connectivity index (χ1v) is 8.93.